The van der Waals surface area contributed by atoms with E-state index in [-0.39, 0.29) is 5.60 Å². The molecule has 10 heteroatoms. The van der Waals surface area contributed by atoms with Gasteiger partial charge in [-0.25, -0.2) is 9.78 Å². The van der Waals surface area contributed by atoms with Gasteiger partial charge in [0.25, 0.3) is 0 Å². The van der Waals surface area contributed by atoms with Crippen LogP contribution in [-0.2, 0) is 37.0 Å². The molecule has 0 unspecified atom stereocenters. The molecular formula is C31H41BrN4O5. The smallest absolute Gasteiger partial charge is 0.339 e. The van der Waals surface area contributed by atoms with E-state index in [0.29, 0.717) is 49.8 Å². The number of carbonyl (C=O) groups is 1. The Morgan fingerprint density at radius 1 is 1.22 bits per heavy atom. The van der Waals surface area contributed by atoms with Gasteiger partial charge in [0.15, 0.2) is 11.8 Å². The number of carbonyl (C=O) groups excluding carboxylic acids is 1. The van der Waals surface area contributed by atoms with E-state index in [1.165, 1.54) is 7.11 Å². The lowest BCUT2D eigenvalue weighted by Gasteiger charge is -2.41. The van der Waals surface area contributed by atoms with Crippen LogP contribution < -0.4 is 4.90 Å². The number of anilines is 1. The third-order valence-corrected chi connectivity index (χ3v) is 7.91. The first kappa shape index (κ1) is 31.2. The van der Waals surface area contributed by atoms with Crippen molar-refractivity contribution in [3.63, 3.8) is 0 Å². The van der Waals surface area contributed by atoms with Gasteiger partial charge in [-0.1, -0.05) is 40.2 Å². The molecule has 0 N–H and O–H groups in total. The van der Waals surface area contributed by atoms with Gasteiger partial charge in [0, 0.05) is 29.3 Å². The van der Waals surface area contributed by atoms with Crippen LogP contribution in [0.5, 0.6) is 0 Å². The molecule has 0 spiro atoms. The number of hydrogen-bond acceptors (Lipinski definition) is 8. The molecule has 1 atom stereocenters. The molecule has 3 heterocycles. The molecule has 0 bridgehead atoms. The Hall–Kier alpha value is -2.79. The number of nitrogens with zero attached hydrogens (tertiary/aromatic N) is 4. The molecule has 41 heavy (non-hydrogen) atoms. The molecule has 222 valence electrons. The second kappa shape index (κ2) is 13.0. The maximum Gasteiger partial charge on any atom is 0.339 e. The van der Waals surface area contributed by atoms with Crippen LogP contribution in [-0.4, -0.2) is 58.6 Å². The second-order valence-electron chi connectivity index (χ2n) is 11.6. The SMILES string of the molecule is C=CCOC1(C)CCN(c2c([C@H](OC(C)(C)C)C(=O)OC)c(C)nc3cc(COCc4ccccc4Br)nn23)CC1. The van der Waals surface area contributed by atoms with Crippen LogP contribution in [0.15, 0.2) is 47.5 Å². The zero-order chi connectivity index (χ0) is 29.8. The highest BCUT2D eigenvalue weighted by Crippen LogP contribution is 2.38. The molecule has 1 aromatic carbocycles. The van der Waals surface area contributed by atoms with E-state index in [4.69, 9.17) is 29.0 Å². The first-order valence-electron chi connectivity index (χ1n) is 13.9. The van der Waals surface area contributed by atoms with Gasteiger partial charge >= 0.3 is 5.97 Å². The Labute approximate surface area is 250 Å². The quantitative estimate of drug-likeness (QED) is 0.186. The second-order valence-corrected chi connectivity index (χ2v) is 12.4. The van der Waals surface area contributed by atoms with Crippen molar-refractivity contribution in [2.75, 3.05) is 31.7 Å². The summed E-state index contributed by atoms with van der Waals surface area (Å²) >= 11 is 3.58. The van der Waals surface area contributed by atoms with Crippen LogP contribution in [0.4, 0.5) is 5.82 Å². The minimum absolute atomic E-state index is 0.259. The summed E-state index contributed by atoms with van der Waals surface area (Å²) in [6.07, 6.45) is 2.40. The Morgan fingerprint density at radius 2 is 1.93 bits per heavy atom. The number of piperidine rings is 1. The Balaban J connectivity index is 1.73. The van der Waals surface area contributed by atoms with Crippen LogP contribution in [0.3, 0.4) is 0 Å². The molecule has 1 aliphatic rings. The van der Waals surface area contributed by atoms with Crippen molar-refractivity contribution in [1.82, 2.24) is 14.6 Å². The van der Waals surface area contributed by atoms with Gasteiger partial charge < -0.3 is 23.8 Å². The highest BCUT2D eigenvalue weighted by molar-refractivity contribution is 9.10. The maximum atomic E-state index is 13.2. The fraction of sp³-hybridized carbons (Fsp3) is 0.516. The van der Waals surface area contributed by atoms with Gasteiger partial charge in [-0.05, 0) is 59.1 Å². The average molecular weight is 630 g/mol. The summed E-state index contributed by atoms with van der Waals surface area (Å²) in [5.74, 6) is 0.292. The van der Waals surface area contributed by atoms with Crippen molar-refractivity contribution in [1.29, 1.82) is 0 Å². The van der Waals surface area contributed by atoms with E-state index in [0.717, 1.165) is 34.4 Å². The highest BCUT2D eigenvalue weighted by Gasteiger charge is 2.38. The zero-order valence-corrected chi connectivity index (χ0v) is 26.5. The molecule has 0 radical (unpaired) electrons. The third kappa shape index (κ3) is 7.54. The molecule has 1 saturated heterocycles. The lowest BCUT2D eigenvalue weighted by molar-refractivity contribution is -0.164. The van der Waals surface area contributed by atoms with E-state index in [9.17, 15) is 4.79 Å². The van der Waals surface area contributed by atoms with Crippen LogP contribution >= 0.6 is 15.9 Å². The molecule has 4 rings (SSSR count). The van der Waals surface area contributed by atoms with Gasteiger partial charge in [-0.2, -0.15) is 9.61 Å². The van der Waals surface area contributed by atoms with Gasteiger partial charge in [0.2, 0.25) is 0 Å². The van der Waals surface area contributed by atoms with Crippen molar-refractivity contribution >= 4 is 33.4 Å². The van der Waals surface area contributed by atoms with Crippen molar-refractivity contribution in [3.8, 4) is 0 Å². The van der Waals surface area contributed by atoms with Gasteiger partial charge in [-0.15, -0.1) is 6.58 Å². The first-order valence-corrected chi connectivity index (χ1v) is 14.7. The third-order valence-electron chi connectivity index (χ3n) is 7.14. The van der Waals surface area contributed by atoms with Crippen molar-refractivity contribution < 1.29 is 23.7 Å². The fourth-order valence-corrected chi connectivity index (χ4v) is 5.41. The monoisotopic (exact) mass is 628 g/mol. The molecule has 9 nitrogen and oxygen atoms in total. The Morgan fingerprint density at radius 3 is 2.56 bits per heavy atom. The number of methoxy groups -OCH3 is 1. The van der Waals surface area contributed by atoms with E-state index in [1.54, 1.807) is 6.08 Å². The summed E-state index contributed by atoms with van der Waals surface area (Å²) in [5.41, 5.74) is 2.95. The predicted molar refractivity (Wildman–Crippen MR) is 162 cm³/mol. The van der Waals surface area contributed by atoms with Gasteiger partial charge in [-0.3, -0.25) is 0 Å². The summed E-state index contributed by atoms with van der Waals surface area (Å²) in [7, 11) is 1.38. The van der Waals surface area contributed by atoms with E-state index < -0.39 is 17.7 Å². The molecule has 1 aliphatic heterocycles. The van der Waals surface area contributed by atoms with Crippen LogP contribution in [0.25, 0.3) is 5.65 Å². The number of fused-ring (bicyclic) bond motifs is 1. The summed E-state index contributed by atoms with van der Waals surface area (Å²) in [6, 6.07) is 9.90. The van der Waals surface area contributed by atoms with Crippen molar-refractivity contribution in [2.24, 2.45) is 0 Å². The number of aryl methyl sites for hydroxylation is 1. The maximum absolute atomic E-state index is 13.2. The molecule has 3 aromatic rings. The Bertz CT molecular complexity index is 1370. The van der Waals surface area contributed by atoms with Gasteiger partial charge in [0.1, 0.15) is 5.82 Å². The molecule has 1 fully saturated rings. The topological polar surface area (TPSA) is 87.4 Å². The number of aromatic nitrogens is 3. The zero-order valence-electron chi connectivity index (χ0n) is 24.9. The fourth-order valence-electron chi connectivity index (χ4n) is 5.01. The number of benzene rings is 1. The number of esters is 1. The summed E-state index contributed by atoms with van der Waals surface area (Å²) in [4.78, 5) is 20.3. The predicted octanol–water partition coefficient (Wildman–Crippen LogP) is 6.11. The number of halogens is 1. The largest absolute Gasteiger partial charge is 0.467 e. The first-order chi connectivity index (χ1) is 19.4. The average Bonchev–Trinajstić information content (AvgIpc) is 3.33. The molecule has 2 aromatic heterocycles. The standard InChI is InChI=1S/C31H41BrN4O5/c1-8-17-40-31(6)13-15-35(16-14-31)28-26(27(29(37)38-7)41-30(3,4)5)21(2)33-25-18-23(34-36(25)28)20-39-19-22-11-9-10-12-24(22)32/h8-12,18,27H,1,13-17,19-20H2,2-7H3/t27-/m0/s1. The lowest BCUT2D eigenvalue weighted by Crippen LogP contribution is -2.45. The highest BCUT2D eigenvalue weighted by atomic mass is 79.9. The number of rotatable bonds is 11. The van der Waals surface area contributed by atoms with E-state index in [2.05, 4.69) is 34.3 Å². The summed E-state index contributed by atoms with van der Waals surface area (Å²) in [5, 5.41) is 4.92. The minimum atomic E-state index is -0.975. The van der Waals surface area contributed by atoms with Crippen molar-refractivity contribution in [3.05, 3.63) is 70.0 Å². The molecule has 0 amide bonds. The summed E-state index contributed by atoms with van der Waals surface area (Å²) in [6.45, 7) is 16.2. The normalized spacial score (nSPS) is 16.1. The number of hydrogen-bond donors (Lipinski definition) is 0. The summed E-state index contributed by atoms with van der Waals surface area (Å²) < 4.78 is 26.5. The van der Waals surface area contributed by atoms with Gasteiger partial charge in [0.05, 0.1) is 49.4 Å². The molecular weight excluding hydrogens is 588 g/mol. The van der Waals surface area contributed by atoms with E-state index >= 15 is 0 Å². The van der Waals surface area contributed by atoms with Crippen LogP contribution in [0.1, 0.15) is 69.2 Å². The number of ether oxygens (including phenoxy) is 4. The lowest BCUT2D eigenvalue weighted by atomic mass is 9.92. The van der Waals surface area contributed by atoms with E-state index in [1.807, 2.05) is 62.5 Å². The Kier molecular flexibility index (Phi) is 9.89. The van der Waals surface area contributed by atoms with Crippen LogP contribution in [0, 0.1) is 6.92 Å². The van der Waals surface area contributed by atoms with Crippen LogP contribution in [0.2, 0.25) is 0 Å². The minimum Gasteiger partial charge on any atom is -0.467 e. The molecule has 0 saturated carbocycles. The molecule has 0 aliphatic carbocycles. The van der Waals surface area contributed by atoms with Crippen molar-refractivity contribution in [2.45, 2.75) is 78.0 Å².